The van der Waals surface area contributed by atoms with Crippen molar-refractivity contribution in [3.8, 4) is 18.4 Å². The molecule has 0 saturated carbocycles. The smallest absolute Gasteiger partial charge is 0.0991 e. The minimum Gasteiger partial charge on any atom is -0.192 e. The van der Waals surface area contributed by atoms with E-state index in [9.17, 15) is 0 Å². The van der Waals surface area contributed by atoms with E-state index in [0.29, 0.717) is 5.56 Å². The largest absolute Gasteiger partial charge is 0.192 e. The molecule has 11 heavy (non-hydrogen) atoms. The van der Waals surface area contributed by atoms with Crippen LogP contribution in [-0.4, -0.2) is 0 Å². The number of aryl methyl sites for hydroxylation is 1. The molecule has 0 N–H and O–H groups in total. The van der Waals surface area contributed by atoms with Crippen molar-refractivity contribution in [3.63, 3.8) is 0 Å². The number of nitrogens with zero attached hydrogens (tertiary/aromatic N) is 1. The van der Waals surface area contributed by atoms with Crippen molar-refractivity contribution in [2.24, 2.45) is 0 Å². The van der Waals surface area contributed by atoms with Crippen molar-refractivity contribution in [3.05, 3.63) is 34.9 Å². The van der Waals surface area contributed by atoms with Gasteiger partial charge >= 0.3 is 0 Å². The Bertz CT molecular complexity index is 350. The molecule has 0 bridgehead atoms. The third kappa shape index (κ3) is 1.39. The summed E-state index contributed by atoms with van der Waals surface area (Å²) in [6, 6.07) is 7.35. The van der Waals surface area contributed by atoms with Crippen LogP contribution in [0.2, 0.25) is 0 Å². The molecule has 0 aliphatic rings. The zero-order chi connectivity index (χ0) is 8.27. The Morgan fingerprint density at radius 1 is 1.45 bits per heavy atom. The Labute approximate surface area is 66.3 Å². The minimum atomic E-state index is 0.654. The van der Waals surface area contributed by atoms with E-state index in [0.717, 1.165) is 11.1 Å². The van der Waals surface area contributed by atoms with Crippen molar-refractivity contribution >= 4 is 0 Å². The van der Waals surface area contributed by atoms with Crippen molar-refractivity contribution in [1.29, 1.82) is 5.26 Å². The molecular formula is C10H7N. The Balaban J connectivity index is 3.25. The number of benzene rings is 1. The maximum atomic E-state index is 8.52. The van der Waals surface area contributed by atoms with E-state index < -0.39 is 0 Å². The Morgan fingerprint density at radius 3 is 2.64 bits per heavy atom. The molecule has 0 aliphatic carbocycles. The van der Waals surface area contributed by atoms with Gasteiger partial charge in [-0.05, 0) is 30.7 Å². The molecule has 0 spiro atoms. The molecule has 1 heteroatoms. The lowest BCUT2D eigenvalue weighted by Crippen LogP contribution is -1.82. The normalized spacial score (nSPS) is 8.27. The van der Waals surface area contributed by atoms with Crippen LogP contribution >= 0.6 is 0 Å². The van der Waals surface area contributed by atoms with E-state index in [1.54, 1.807) is 18.2 Å². The third-order valence-corrected chi connectivity index (χ3v) is 1.51. The van der Waals surface area contributed by atoms with Crippen LogP contribution in [0.4, 0.5) is 0 Å². The van der Waals surface area contributed by atoms with Crippen LogP contribution in [0.3, 0.4) is 0 Å². The van der Waals surface area contributed by atoms with Gasteiger partial charge in [-0.1, -0.05) is 5.92 Å². The fourth-order valence-corrected chi connectivity index (χ4v) is 0.895. The summed E-state index contributed by atoms with van der Waals surface area (Å²) in [6.07, 6.45) is 5.21. The Hall–Kier alpha value is -1.73. The summed E-state index contributed by atoms with van der Waals surface area (Å²) >= 11 is 0. The molecule has 1 rings (SSSR count). The van der Waals surface area contributed by atoms with E-state index in [4.69, 9.17) is 11.7 Å². The molecule has 0 fully saturated rings. The summed E-state index contributed by atoms with van der Waals surface area (Å²) in [5.74, 6) is 2.54. The fraction of sp³-hybridized carbons (Fsp3) is 0.100. The molecule has 52 valence electrons. The predicted molar refractivity (Wildman–Crippen MR) is 43.8 cm³/mol. The highest BCUT2D eigenvalue weighted by Crippen LogP contribution is 2.08. The molecule has 0 saturated heterocycles. The van der Waals surface area contributed by atoms with Crippen LogP contribution in [0, 0.1) is 30.6 Å². The van der Waals surface area contributed by atoms with E-state index in [-0.39, 0.29) is 0 Å². The summed E-state index contributed by atoms with van der Waals surface area (Å²) < 4.78 is 0. The van der Waals surface area contributed by atoms with Gasteiger partial charge in [0.2, 0.25) is 0 Å². The van der Waals surface area contributed by atoms with Gasteiger partial charge in [-0.15, -0.1) is 6.42 Å². The highest BCUT2D eigenvalue weighted by Gasteiger charge is 1.94. The number of nitriles is 1. The molecule has 1 aromatic carbocycles. The van der Waals surface area contributed by atoms with Crippen molar-refractivity contribution < 1.29 is 0 Å². The van der Waals surface area contributed by atoms with Crippen LogP contribution in [0.1, 0.15) is 16.7 Å². The second-order valence-corrected chi connectivity index (χ2v) is 2.29. The predicted octanol–water partition coefficient (Wildman–Crippen LogP) is 1.85. The first-order chi connectivity index (χ1) is 5.27. The molecule has 1 nitrogen and oxygen atoms in total. The van der Waals surface area contributed by atoms with E-state index in [1.165, 1.54) is 0 Å². The second kappa shape index (κ2) is 2.90. The van der Waals surface area contributed by atoms with Gasteiger partial charge in [-0.25, -0.2) is 0 Å². The topological polar surface area (TPSA) is 23.8 Å². The number of hydrogen-bond acceptors (Lipinski definition) is 1. The first-order valence-corrected chi connectivity index (χ1v) is 3.25. The van der Waals surface area contributed by atoms with Crippen LogP contribution in [0.15, 0.2) is 18.2 Å². The highest BCUT2D eigenvalue weighted by atomic mass is 14.2. The molecule has 0 aliphatic heterocycles. The molecule has 0 atom stereocenters. The summed E-state index contributed by atoms with van der Waals surface area (Å²) in [5.41, 5.74) is 2.48. The van der Waals surface area contributed by atoms with Crippen LogP contribution in [0.5, 0.6) is 0 Å². The third-order valence-electron chi connectivity index (χ3n) is 1.51. The Morgan fingerprint density at radius 2 is 2.18 bits per heavy atom. The quantitative estimate of drug-likeness (QED) is 0.506. The van der Waals surface area contributed by atoms with Crippen molar-refractivity contribution in [1.82, 2.24) is 0 Å². The number of rotatable bonds is 0. The standard InChI is InChI=1S/C10H7N/c1-3-10-5-4-9(7-11)6-8(10)2/h1,4-6H,2H3. The first-order valence-electron chi connectivity index (χ1n) is 3.25. The zero-order valence-corrected chi connectivity index (χ0v) is 6.26. The van der Waals surface area contributed by atoms with Crippen LogP contribution in [-0.2, 0) is 0 Å². The summed E-state index contributed by atoms with van der Waals surface area (Å²) in [6.45, 7) is 1.90. The monoisotopic (exact) mass is 141 g/mol. The van der Waals surface area contributed by atoms with Gasteiger partial charge in [0.15, 0.2) is 0 Å². The lowest BCUT2D eigenvalue weighted by molar-refractivity contribution is 1.40. The number of terminal acetylenes is 1. The summed E-state index contributed by atoms with van der Waals surface area (Å²) in [5, 5.41) is 8.52. The molecular weight excluding hydrogens is 134 g/mol. The maximum Gasteiger partial charge on any atom is 0.0991 e. The van der Waals surface area contributed by atoms with E-state index in [2.05, 4.69) is 12.0 Å². The van der Waals surface area contributed by atoms with Gasteiger partial charge in [0.1, 0.15) is 0 Å². The summed E-state index contributed by atoms with van der Waals surface area (Å²) in [7, 11) is 0. The molecule has 1 aromatic rings. The van der Waals surface area contributed by atoms with Gasteiger partial charge < -0.3 is 0 Å². The minimum absolute atomic E-state index is 0.654. The fourth-order valence-electron chi connectivity index (χ4n) is 0.895. The summed E-state index contributed by atoms with van der Waals surface area (Å²) in [4.78, 5) is 0. The lowest BCUT2D eigenvalue weighted by atomic mass is 10.1. The molecule has 0 aromatic heterocycles. The molecule has 0 heterocycles. The maximum absolute atomic E-state index is 8.52. The average Bonchev–Trinajstić information content (AvgIpc) is 2.04. The van der Waals surface area contributed by atoms with Gasteiger partial charge in [-0.3, -0.25) is 0 Å². The van der Waals surface area contributed by atoms with Gasteiger partial charge in [0, 0.05) is 5.56 Å². The highest BCUT2D eigenvalue weighted by molar-refractivity contribution is 5.44. The molecule has 0 radical (unpaired) electrons. The van der Waals surface area contributed by atoms with Crippen molar-refractivity contribution in [2.45, 2.75) is 6.92 Å². The van der Waals surface area contributed by atoms with E-state index in [1.807, 2.05) is 6.92 Å². The zero-order valence-electron chi connectivity index (χ0n) is 6.26. The van der Waals surface area contributed by atoms with E-state index >= 15 is 0 Å². The van der Waals surface area contributed by atoms with Gasteiger partial charge in [0.25, 0.3) is 0 Å². The second-order valence-electron chi connectivity index (χ2n) is 2.29. The molecule has 0 unspecified atom stereocenters. The molecule has 0 amide bonds. The van der Waals surface area contributed by atoms with Gasteiger partial charge in [0.05, 0.1) is 11.6 Å². The van der Waals surface area contributed by atoms with Crippen LogP contribution < -0.4 is 0 Å². The van der Waals surface area contributed by atoms with Gasteiger partial charge in [-0.2, -0.15) is 5.26 Å². The SMILES string of the molecule is C#Cc1ccc(C#N)cc1C. The average molecular weight is 141 g/mol. The Kier molecular flexibility index (Phi) is 1.95. The number of hydrogen-bond donors (Lipinski definition) is 0. The first kappa shape index (κ1) is 7.38. The lowest BCUT2D eigenvalue weighted by Gasteiger charge is -1.96. The van der Waals surface area contributed by atoms with Crippen molar-refractivity contribution in [2.75, 3.05) is 0 Å². The van der Waals surface area contributed by atoms with Crippen LogP contribution in [0.25, 0.3) is 0 Å².